The summed E-state index contributed by atoms with van der Waals surface area (Å²) in [7, 11) is 0. The average Bonchev–Trinajstić information content (AvgIpc) is 2.39. The molecule has 0 aliphatic heterocycles. The zero-order chi connectivity index (χ0) is 14.7. The molecule has 2 rings (SSSR count). The summed E-state index contributed by atoms with van der Waals surface area (Å²) < 4.78 is 13.1. The molecule has 2 nitrogen and oxygen atoms in total. The second kappa shape index (κ2) is 6.07. The summed E-state index contributed by atoms with van der Waals surface area (Å²) in [5.74, 6) is -1.56. The van der Waals surface area contributed by atoms with Crippen LogP contribution in [0.4, 0.5) is 4.39 Å². The van der Waals surface area contributed by atoms with E-state index in [1.807, 2.05) is 0 Å². The molecule has 0 saturated carbocycles. The van der Waals surface area contributed by atoms with Gasteiger partial charge in [-0.2, -0.15) is 0 Å². The molecule has 0 amide bonds. The van der Waals surface area contributed by atoms with Crippen LogP contribution in [0.15, 0.2) is 42.5 Å². The molecule has 0 aliphatic rings. The van der Waals surface area contributed by atoms with Crippen molar-refractivity contribution in [3.8, 4) is 0 Å². The maximum Gasteiger partial charge on any atom is 0.336 e. The van der Waals surface area contributed by atoms with E-state index in [4.69, 9.17) is 23.2 Å². The van der Waals surface area contributed by atoms with Gasteiger partial charge in [-0.15, -0.1) is 0 Å². The number of hydrogen-bond acceptors (Lipinski definition) is 1. The monoisotopic (exact) mass is 310 g/mol. The summed E-state index contributed by atoms with van der Waals surface area (Å²) >= 11 is 11.7. The Morgan fingerprint density at radius 1 is 1.10 bits per heavy atom. The van der Waals surface area contributed by atoms with E-state index in [9.17, 15) is 14.3 Å². The summed E-state index contributed by atoms with van der Waals surface area (Å²) in [6.07, 6.45) is 1.38. The number of benzene rings is 2. The van der Waals surface area contributed by atoms with Crippen LogP contribution in [0.25, 0.3) is 11.6 Å². The van der Waals surface area contributed by atoms with E-state index in [1.165, 1.54) is 36.4 Å². The van der Waals surface area contributed by atoms with E-state index in [-0.39, 0.29) is 10.6 Å². The lowest BCUT2D eigenvalue weighted by Gasteiger charge is -2.05. The second-order valence-electron chi connectivity index (χ2n) is 4.05. The van der Waals surface area contributed by atoms with Crippen molar-refractivity contribution >= 4 is 40.8 Å². The molecular formula is C15H9Cl2FO2. The first-order chi connectivity index (χ1) is 9.47. The number of carbonyl (C=O) groups is 1. The van der Waals surface area contributed by atoms with Gasteiger partial charge in [0.1, 0.15) is 5.82 Å². The summed E-state index contributed by atoms with van der Waals surface area (Å²) in [6, 6.07) is 10.2. The van der Waals surface area contributed by atoms with Gasteiger partial charge in [-0.05, 0) is 41.5 Å². The Balaban J connectivity index is 2.51. The molecule has 0 saturated heterocycles. The maximum atomic E-state index is 13.1. The predicted octanol–water partition coefficient (Wildman–Crippen LogP) is 4.76. The Labute approximate surface area is 125 Å². The van der Waals surface area contributed by atoms with Gasteiger partial charge in [0.25, 0.3) is 0 Å². The summed E-state index contributed by atoms with van der Waals surface area (Å²) in [6.45, 7) is 0. The van der Waals surface area contributed by atoms with Gasteiger partial charge < -0.3 is 5.11 Å². The third-order valence-electron chi connectivity index (χ3n) is 2.62. The zero-order valence-electron chi connectivity index (χ0n) is 10.1. The highest BCUT2D eigenvalue weighted by Crippen LogP contribution is 2.27. The van der Waals surface area contributed by atoms with Crippen molar-refractivity contribution in [3.63, 3.8) is 0 Å². The molecule has 0 aromatic heterocycles. The van der Waals surface area contributed by atoms with Gasteiger partial charge in [0.05, 0.1) is 15.6 Å². The quantitative estimate of drug-likeness (QED) is 0.655. The fraction of sp³-hybridized carbons (Fsp3) is 0. The lowest BCUT2D eigenvalue weighted by atomic mass is 10.0. The van der Waals surface area contributed by atoms with E-state index in [0.29, 0.717) is 16.1 Å². The minimum atomic E-state index is -1.13. The van der Waals surface area contributed by atoms with Crippen molar-refractivity contribution in [3.05, 3.63) is 69.5 Å². The minimum absolute atomic E-state index is 0.00849. The summed E-state index contributed by atoms with van der Waals surface area (Å²) in [5.41, 5.74) is 0.860. The van der Waals surface area contributed by atoms with Crippen LogP contribution in [0.1, 0.15) is 11.1 Å². The van der Waals surface area contributed by atoms with Crippen molar-refractivity contribution in [1.82, 2.24) is 0 Å². The minimum Gasteiger partial charge on any atom is -0.478 e. The first-order valence-electron chi connectivity index (χ1n) is 5.63. The predicted molar refractivity (Wildman–Crippen MR) is 78.4 cm³/mol. The molecule has 0 heterocycles. The largest absolute Gasteiger partial charge is 0.478 e. The molecule has 2 aromatic carbocycles. The highest BCUT2D eigenvalue weighted by molar-refractivity contribution is 6.42. The van der Waals surface area contributed by atoms with E-state index in [0.717, 1.165) is 0 Å². The number of carboxylic acid groups (broad SMARTS) is 1. The van der Waals surface area contributed by atoms with E-state index < -0.39 is 11.8 Å². The van der Waals surface area contributed by atoms with Gasteiger partial charge in [-0.3, -0.25) is 0 Å². The third kappa shape index (κ3) is 3.38. The normalized spacial score (nSPS) is 11.4. The van der Waals surface area contributed by atoms with Crippen LogP contribution in [-0.2, 0) is 4.79 Å². The van der Waals surface area contributed by atoms with Crippen molar-refractivity contribution in [2.75, 3.05) is 0 Å². The van der Waals surface area contributed by atoms with Crippen molar-refractivity contribution < 1.29 is 14.3 Å². The molecule has 0 unspecified atom stereocenters. The Bertz CT molecular complexity index is 696. The Morgan fingerprint density at radius 2 is 1.85 bits per heavy atom. The summed E-state index contributed by atoms with van der Waals surface area (Å²) in [4.78, 5) is 11.3. The fourth-order valence-electron chi connectivity index (χ4n) is 1.70. The molecular weight excluding hydrogens is 302 g/mol. The highest BCUT2D eigenvalue weighted by Gasteiger charge is 2.12. The maximum absolute atomic E-state index is 13.1. The van der Waals surface area contributed by atoms with Gasteiger partial charge in [0.2, 0.25) is 0 Å². The molecule has 0 spiro atoms. The molecule has 0 aliphatic carbocycles. The van der Waals surface area contributed by atoms with Crippen LogP contribution >= 0.6 is 23.2 Å². The highest BCUT2D eigenvalue weighted by atomic mass is 35.5. The Kier molecular flexibility index (Phi) is 4.42. The SMILES string of the molecule is O=C(O)/C(=C\c1cccc(F)c1)c1ccc(Cl)c(Cl)c1. The van der Waals surface area contributed by atoms with Crippen LogP contribution < -0.4 is 0 Å². The lowest BCUT2D eigenvalue weighted by Crippen LogP contribution is -1.99. The van der Waals surface area contributed by atoms with Crippen LogP contribution in [0, 0.1) is 5.82 Å². The van der Waals surface area contributed by atoms with Crippen LogP contribution in [0.3, 0.4) is 0 Å². The smallest absolute Gasteiger partial charge is 0.336 e. The molecule has 20 heavy (non-hydrogen) atoms. The Hall–Kier alpha value is -1.84. The van der Waals surface area contributed by atoms with Gasteiger partial charge in [0.15, 0.2) is 0 Å². The molecule has 1 N–H and O–H groups in total. The van der Waals surface area contributed by atoms with E-state index in [2.05, 4.69) is 0 Å². The molecule has 0 bridgehead atoms. The second-order valence-corrected chi connectivity index (χ2v) is 4.86. The zero-order valence-corrected chi connectivity index (χ0v) is 11.6. The van der Waals surface area contributed by atoms with Crippen LogP contribution in [-0.4, -0.2) is 11.1 Å². The average molecular weight is 311 g/mol. The number of rotatable bonds is 3. The lowest BCUT2D eigenvalue weighted by molar-refractivity contribution is -0.130. The first kappa shape index (κ1) is 14.6. The standard InChI is InChI=1S/C15H9Cl2FO2/c16-13-5-4-10(8-14(13)17)12(15(19)20)7-9-2-1-3-11(18)6-9/h1-8H,(H,19,20)/b12-7-. The molecule has 2 aromatic rings. The molecule has 5 heteroatoms. The van der Waals surface area contributed by atoms with Gasteiger partial charge in [-0.1, -0.05) is 41.4 Å². The van der Waals surface area contributed by atoms with Crippen LogP contribution in [0.2, 0.25) is 10.0 Å². The Morgan fingerprint density at radius 3 is 2.45 bits per heavy atom. The number of aliphatic carboxylic acids is 1. The van der Waals surface area contributed by atoms with Crippen molar-refractivity contribution in [2.24, 2.45) is 0 Å². The van der Waals surface area contributed by atoms with E-state index >= 15 is 0 Å². The molecule has 102 valence electrons. The first-order valence-corrected chi connectivity index (χ1v) is 6.39. The molecule has 0 fully saturated rings. The fourth-order valence-corrected chi connectivity index (χ4v) is 1.99. The summed E-state index contributed by atoms with van der Waals surface area (Å²) in [5, 5.41) is 9.88. The van der Waals surface area contributed by atoms with Crippen molar-refractivity contribution in [2.45, 2.75) is 0 Å². The van der Waals surface area contributed by atoms with Crippen molar-refractivity contribution in [1.29, 1.82) is 0 Å². The molecule has 0 atom stereocenters. The molecule has 0 radical (unpaired) electrons. The number of carboxylic acids is 1. The van der Waals surface area contributed by atoms with Crippen LogP contribution in [0.5, 0.6) is 0 Å². The number of halogens is 3. The third-order valence-corrected chi connectivity index (χ3v) is 3.36. The van der Waals surface area contributed by atoms with Gasteiger partial charge in [0, 0.05) is 0 Å². The topological polar surface area (TPSA) is 37.3 Å². The van der Waals surface area contributed by atoms with Gasteiger partial charge >= 0.3 is 5.97 Å². The van der Waals surface area contributed by atoms with Gasteiger partial charge in [-0.25, -0.2) is 9.18 Å². The van der Waals surface area contributed by atoms with E-state index in [1.54, 1.807) is 12.1 Å². The number of hydrogen-bond donors (Lipinski definition) is 1.